The summed E-state index contributed by atoms with van der Waals surface area (Å²) >= 11 is 0. The Kier molecular flexibility index (Phi) is 5.26. The molecule has 1 aromatic heterocycles. The minimum absolute atomic E-state index is 0.0942. The van der Waals surface area contributed by atoms with Crippen LogP contribution in [0.3, 0.4) is 0 Å². The van der Waals surface area contributed by atoms with E-state index in [0.717, 1.165) is 0 Å². The molecule has 1 atom stereocenters. The van der Waals surface area contributed by atoms with Gasteiger partial charge in [0, 0.05) is 13.5 Å². The van der Waals surface area contributed by atoms with Crippen LogP contribution in [0.2, 0.25) is 0 Å². The summed E-state index contributed by atoms with van der Waals surface area (Å²) in [5, 5.41) is 25.5. The molecule has 7 nitrogen and oxygen atoms in total. The molecule has 2 N–H and O–H groups in total. The number of nitriles is 1. The van der Waals surface area contributed by atoms with Gasteiger partial charge in [-0.1, -0.05) is 17.3 Å². The highest BCUT2D eigenvalue weighted by Crippen LogP contribution is 2.16. The number of hydrogen-bond acceptors (Lipinski definition) is 7. The van der Waals surface area contributed by atoms with Crippen LogP contribution in [0.1, 0.15) is 17.3 Å². The maximum Gasteiger partial charge on any atom is 0.223 e. The molecule has 2 rings (SSSR count). The molecule has 0 saturated carbocycles. The van der Waals surface area contributed by atoms with Crippen molar-refractivity contribution in [3.05, 3.63) is 41.5 Å². The van der Waals surface area contributed by atoms with Crippen molar-refractivity contribution >= 4 is 0 Å². The molecule has 0 aliphatic rings. The zero-order chi connectivity index (χ0) is 15.1. The fourth-order valence-electron chi connectivity index (χ4n) is 1.69. The van der Waals surface area contributed by atoms with Crippen LogP contribution in [0.25, 0.3) is 0 Å². The fraction of sp³-hybridized carbons (Fsp3) is 0.357. The normalized spacial score (nSPS) is 11.9. The highest BCUT2D eigenvalue weighted by Gasteiger charge is 2.08. The second-order valence-electron chi connectivity index (χ2n) is 4.43. The van der Waals surface area contributed by atoms with Gasteiger partial charge in [0.05, 0.1) is 12.1 Å². The lowest BCUT2D eigenvalue weighted by Crippen LogP contribution is -2.31. The molecule has 0 spiro atoms. The number of para-hydroxylation sites is 1. The van der Waals surface area contributed by atoms with Crippen molar-refractivity contribution in [1.29, 1.82) is 5.26 Å². The Bertz CT molecular complexity index is 621. The minimum Gasteiger partial charge on any atom is -0.489 e. The average molecular weight is 288 g/mol. The fourth-order valence-corrected chi connectivity index (χ4v) is 1.69. The second-order valence-corrected chi connectivity index (χ2v) is 4.43. The van der Waals surface area contributed by atoms with Gasteiger partial charge >= 0.3 is 0 Å². The molecule has 0 fully saturated rings. The van der Waals surface area contributed by atoms with E-state index >= 15 is 0 Å². The van der Waals surface area contributed by atoms with E-state index in [4.69, 9.17) is 14.5 Å². The van der Waals surface area contributed by atoms with Crippen molar-refractivity contribution in [3.8, 4) is 11.8 Å². The predicted molar refractivity (Wildman–Crippen MR) is 73.4 cm³/mol. The van der Waals surface area contributed by atoms with E-state index in [-0.39, 0.29) is 6.61 Å². The van der Waals surface area contributed by atoms with Crippen molar-refractivity contribution in [2.75, 3.05) is 13.2 Å². The molecule has 7 heteroatoms. The third kappa shape index (κ3) is 4.56. The lowest BCUT2D eigenvalue weighted by molar-refractivity contribution is 0.106. The number of hydrogen-bond donors (Lipinski definition) is 2. The molecule has 1 heterocycles. The monoisotopic (exact) mass is 288 g/mol. The molecular weight excluding hydrogens is 272 g/mol. The van der Waals surface area contributed by atoms with Crippen LogP contribution >= 0.6 is 0 Å². The Balaban J connectivity index is 1.72. The molecule has 0 saturated heterocycles. The van der Waals surface area contributed by atoms with Crippen LogP contribution < -0.4 is 10.1 Å². The summed E-state index contributed by atoms with van der Waals surface area (Å²) in [7, 11) is 0. The topological polar surface area (TPSA) is 104 Å². The van der Waals surface area contributed by atoms with Crippen LogP contribution in [-0.2, 0) is 6.54 Å². The minimum atomic E-state index is -0.704. The molecule has 0 aliphatic carbocycles. The molecular formula is C14H16N4O3. The van der Waals surface area contributed by atoms with Gasteiger partial charge in [-0.05, 0) is 12.1 Å². The van der Waals surface area contributed by atoms with Gasteiger partial charge in [-0.3, -0.25) is 0 Å². The summed E-state index contributed by atoms with van der Waals surface area (Å²) in [5.41, 5.74) is 0.444. The van der Waals surface area contributed by atoms with Crippen LogP contribution in [0.15, 0.2) is 28.8 Å². The molecule has 21 heavy (non-hydrogen) atoms. The largest absolute Gasteiger partial charge is 0.489 e. The number of benzene rings is 1. The van der Waals surface area contributed by atoms with Crippen LogP contribution in [0.5, 0.6) is 5.75 Å². The molecule has 0 bridgehead atoms. The van der Waals surface area contributed by atoms with Crippen LogP contribution in [0, 0.1) is 18.3 Å². The van der Waals surface area contributed by atoms with E-state index in [1.54, 1.807) is 31.2 Å². The van der Waals surface area contributed by atoms with Gasteiger partial charge in [0.1, 0.15) is 24.5 Å². The van der Waals surface area contributed by atoms with Gasteiger partial charge in [0.15, 0.2) is 5.82 Å². The standard InChI is InChI=1S/C14H16N4O3/c1-10-17-14(18-21-10)8-16-7-12(19)9-20-13-5-3-2-4-11(13)6-15/h2-5,12,16,19H,7-9H2,1H3. The summed E-state index contributed by atoms with van der Waals surface area (Å²) in [6, 6.07) is 8.93. The molecule has 0 aliphatic heterocycles. The summed E-state index contributed by atoms with van der Waals surface area (Å²) in [5.74, 6) is 1.51. The van der Waals surface area contributed by atoms with Crippen molar-refractivity contribution in [2.45, 2.75) is 19.6 Å². The van der Waals surface area contributed by atoms with Crippen molar-refractivity contribution in [2.24, 2.45) is 0 Å². The summed E-state index contributed by atoms with van der Waals surface area (Å²) in [4.78, 5) is 4.03. The third-order valence-corrected chi connectivity index (χ3v) is 2.67. The molecule has 0 amide bonds. The van der Waals surface area contributed by atoms with E-state index in [1.807, 2.05) is 6.07 Å². The average Bonchev–Trinajstić information content (AvgIpc) is 2.91. The Hall–Kier alpha value is -2.43. The Morgan fingerprint density at radius 1 is 1.48 bits per heavy atom. The van der Waals surface area contributed by atoms with Gasteiger partial charge < -0.3 is 19.7 Å². The van der Waals surface area contributed by atoms with E-state index in [0.29, 0.717) is 36.1 Å². The van der Waals surface area contributed by atoms with Crippen molar-refractivity contribution < 1.29 is 14.4 Å². The van der Waals surface area contributed by atoms with E-state index in [2.05, 4.69) is 15.5 Å². The molecule has 110 valence electrons. The first-order valence-corrected chi connectivity index (χ1v) is 6.49. The SMILES string of the molecule is Cc1nc(CNCC(O)COc2ccccc2C#N)no1. The summed E-state index contributed by atoms with van der Waals surface area (Å²) in [6.07, 6.45) is -0.704. The van der Waals surface area contributed by atoms with E-state index in [9.17, 15) is 5.11 Å². The van der Waals surface area contributed by atoms with Gasteiger partial charge in [-0.25, -0.2) is 0 Å². The Morgan fingerprint density at radius 2 is 2.29 bits per heavy atom. The van der Waals surface area contributed by atoms with Crippen LogP contribution in [0.4, 0.5) is 0 Å². The quantitative estimate of drug-likeness (QED) is 0.775. The first-order chi connectivity index (χ1) is 10.2. The third-order valence-electron chi connectivity index (χ3n) is 2.67. The number of aromatic nitrogens is 2. The Morgan fingerprint density at radius 3 is 3.00 bits per heavy atom. The number of ether oxygens (including phenoxy) is 1. The zero-order valence-corrected chi connectivity index (χ0v) is 11.6. The highest BCUT2D eigenvalue weighted by molar-refractivity contribution is 5.42. The summed E-state index contributed by atoms with van der Waals surface area (Å²) < 4.78 is 10.3. The predicted octanol–water partition coefficient (Wildman–Crippen LogP) is 0.779. The Labute approximate surface area is 122 Å². The zero-order valence-electron chi connectivity index (χ0n) is 11.6. The van der Waals surface area contributed by atoms with E-state index < -0.39 is 6.10 Å². The van der Waals surface area contributed by atoms with Gasteiger partial charge in [-0.15, -0.1) is 0 Å². The number of aliphatic hydroxyl groups excluding tert-OH is 1. The molecule has 0 radical (unpaired) electrons. The molecule has 1 aromatic carbocycles. The van der Waals surface area contributed by atoms with Crippen LogP contribution in [-0.4, -0.2) is 34.5 Å². The van der Waals surface area contributed by atoms with Gasteiger partial charge in [0.2, 0.25) is 5.89 Å². The first-order valence-electron chi connectivity index (χ1n) is 6.49. The van der Waals surface area contributed by atoms with Crippen molar-refractivity contribution in [1.82, 2.24) is 15.5 Å². The van der Waals surface area contributed by atoms with E-state index in [1.165, 1.54) is 0 Å². The second kappa shape index (κ2) is 7.38. The molecule has 1 unspecified atom stereocenters. The maximum absolute atomic E-state index is 9.82. The lowest BCUT2D eigenvalue weighted by atomic mass is 10.2. The van der Waals surface area contributed by atoms with Crippen molar-refractivity contribution in [3.63, 3.8) is 0 Å². The number of aliphatic hydroxyl groups is 1. The number of rotatable bonds is 7. The number of nitrogens with one attached hydrogen (secondary N) is 1. The molecule has 2 aromatic rings. The smallest absolute Gasteiger partial charge is 0.223 e. The number of aryl methyl sites for hydroxylation is 1. The lowest BCUT2D eigenvalue weighted by Gasteiger charge is -2.13. The number of nitrogens with zero attached hydrogens (tertiary/aromatic N) is 3. The maximum atomic E-state index is 9.82. The highest BCUT2D eigenvalue weighted by atomic mass is 16.5. The van der Waals surface area contributed by atoms with Gasteiger partial charge in [0.25, 0.3) is 0 Å². The first kappa shape index (κ1) is 15.0. The van der Waals surface area contributed by atoms with Gasteiger partial charge in [-0.2, -0.15) is 10.2 Å². The summed E-state index contributed by atoms with van der Waals surface area (Å²) in [6.45, 7) is 2.54.